The summed E-state index contributed by atoms with van der Waals surface area (Å²) in [6.45, 7) is 6.82. The van der Waals surface area contributed by atoms with Crippen LogP contribution in [0.25, 0.3) is 10.2 Å². The van der Waals surface area contributed by atoms with Gasteiger partial charge in [-0.3, -0.25) is 4.79 Å². The van der Waals surface area contributed by atoms with E-state index in [0.717, 1.165) is 40.4 Å². The zero-order valence-electron chi connectivity index (χ0n) is 14.3. The number of thiazole rings is 1. The van der Waals surface area contributed by atoms with Crippen LogP contribution in [-0.2, 0) is 9.53 Å². The number of nitrogens with two attached hydrogens (primary N) is 1. The maximum atomic E-state index is 13.0. The summed E-state index contributed by atoms with van der Waals surface area (Å²) in [7, 11) is 0. The van der Waals surface area contributed by atoms with E-state index in [0.29, 0.717) is 0 Å². The van der Waals surface area contributed by atoms with Crippen LogP contribution in [-0.4, -0.2) is 29.1 Å². The van der Waals surface area contributed by atoms with Crippen molar-refractivity contribution in [3.05, 3.63) is 23.2 Å². The third-order valence-electron chi connectivity index (χ3n) is 5.81. The minimum atomic E-state index is -0.892. The van der Waals surface area contributed by atoms with Crippen LogP contribution >= 0.6 is 11.3 Å². The van der Waals surface area contributed by atoms with Gasteiger partial charge in [-0.25, -0.2) is 4.98 Å². The highest BCUT2D eigenvalue weighted by Crippen LogP contribution is 2.57. The van der Waals surface area contributed by atoms with E-state index in [4.69, 9.17) is 10.5 Å². The summed E-state index contributed by atoms with van der Waals surface area (Å²) in [5.74, 6) is -0.0181. The van der Waals surface area contributed by atoms with Gasteiger partial charge in [0.25, 0.3) is 0 Å². The Balaban J connectivity index is 1.60. The number of hydrogen-bond acceptors (Lipinski definition) is 5. The Hall–Kier alpha value is -1.50. The average molecular weight is 345 g/mol. The standard InChI is InChI=1S/C18H23N3O2S/c1-10-20-13-7-6-11(9-14(13)24-10)21-16(22)18(19)12-5-4-8-23-15(12)17(18,2)3/h6-7,9,12,15H,4-5,8,19H2,1-3H3,(H,21,22). The molecular weight excluding hydrogens is 322 g/mol. The molecule has 2 heterocycles. The molecule has 4 rings (SSSR count). The lowest BCUT2D eigenvalue weighted by Crippen LogP contribution is -2.81. The number of fused-ring (bicyclic) bond motifs is 2. The van der Waals surface area contributed by atoms with Gasteiger partial charge in [0, 0.05) is 23.6 Å². The Morgan fingerprint density at radius 2 is 2.25 bits per heavy atom. The Bertz CT molecular complexity index is 816. The zero-order valence-corrected chi connectivity index (χ0v) is 15.1. The van der Waals surface area contributed by atoms with E-state index in [-0.39, 0.29) is 23.3 Å². The number of carbonyl (C=O) groups is 1. The van der Waals surface area contributed by atoms with E-state index in [1.165, 1.54) is 0 Å². The van der Waals surface area contributed by atoms with Gasteiger partial charge in [-0.1, -0.05) is 13.8 Å². The second-order valence-electron chi connectivity index (χ2n) is 7.50. The first-order valence-corrected chi connectivity index (χ1v) is 9.25. The highest BCUT2D eigenvalue weighted by molar-refractivity contribution is 7.18. The van der Waals surface area contributed by atoms with Gasteiger partial charge in [0.05, 0.1) is 21.3 Å². The van der Waals surface area contributed by atoms with Gasteiger partial charge in [0.1, 0.15) is 5.54 Å². The van der Waals surface area contributed by atoms with Crippen LogP contribution in [0.15, 0.2) is 18.2 Å². The number of hydrogen-bond donors (Lipinski definition) is 2. The van der Waals surface area contributed by atoms with Crippen molar-refractivity contribution >= 4 is 33.1 Å². The second-order valence-corrected chi connectivity index (χ2v) is 8.74. The molecule has 1 amide bonds. The maximum Gasteiger partial charge on any atom is 0.245 e. The van der Waals surface area contributed by atoms with Gasteiger partial charge in [-0.05, 0) is 38.0 Å². The summed E-state index contributed by atoms with van der Waals surface area (Å²) in [6.07, 6.45) is 1.99. The van der Waals surface area contributed by atoms with Gasteiger partial charge in [-0.15, -0.1) is 11.3 Å². The minimum Gasteiger partial charge on any atom is -0.377 e. The fourth-order valence-electron chi connectivity index (χ4n) is 4.39. The van der Waals surface area contributed by atoms with Gasteiger partial charge in [0.2, 0.25) is 5.91 Å². The molecule has 1 aliphatic carbocycles. The molecule has 2 aliphatic rings. The fourth-order valence-corrected chi connectivity index (χ4v) is 5.26. The van der Waals surface area contributed by atoms with E-state index in [1.807, 2.05) is 39.0 Å². The number of amides is 1. The second kappa shape index (κ2) is 5.25. The number of ether oxygens (including phenoxy) is 1. The molecule has 1 saturated heterocycles. The number of nitrogens with zero attached hydrogens (tertiary/aromatic N) is 1. The molecule has 2 fully saturated rings. The topological polar surface area (TPSA) is 77.2 Å². The molecule has 3 atom stereocenters. The Kier molecular flexibility index (Phi) is 3.50. The van der Waals surface area contributed by atoms with Crippen LogP contribution in [0.1, 0.15) is 31.7 Å². The van der Waals surface area contributed by atoms with Crippen molar-refractivity contribution < 1.29 is 9.53 Å². The number of nitrogens with one attached hydrogen (secondary N) is 1. The van der Waals surface area contributed by atoms with Crippen LogP contribution in [0.2, 0.25) is 0 Å². The number of aryl methyl sites for hydroxylation is 1. The van der Waals surface area contributed by atoms with Gasteiger partial charge in [-0.2, -0.15) is 0 Å². The summed E-state index contributed by atoms with van der Waals surface area (Å²) in [5, 5.41) is 4.05. The molecule has 6 heteroatoms. The number of anilines is 1. The first kappa shape index (κ1) is 16.0. The molecule has 3 unspecified atom stereocenters. The number of benzene rings is 1. The highest BCUT2D eigenvalue weighted by Gasteiger charge is 2.70. The van der Waals surface area contributed by atoms with E-state index < -0.39 is 5.54 Å². The molecule has 1 aliphatic heterocycles. The Labute approximate surface area is 145 Å². The first-order valence-electron chi connectivity index (χ1n) is 8.43. The largest absolute Gasteiger partial charge is 0.377 e. The molecule has 0 spiro atoms. The Morgan fingerprint density at radius 3 is 3.04 bits per heavy atom. The molecule has 0 bridgehead atoms. The van der Waals surface area contributed by atoms with E-state index in [2.05, 4.69) is 10.3 Å². The van der Waals surface area contributed by atoms with Crippen LogP contribution < -0.4 is 11.1 Å². The fraction of sp³-hybridized carbons (Fsp3) is 0.556. The SMILES string of the molecule is Cc1nc2ccc(NC(=O)C3(N)C4CCCOC4C3(C)C)cc2s1. The third kappa shape index (κ3) is 2.06. The van der Waals surface area contributed by atoms with Gasteiger partial charge >= 0.3 is 0 Å². The molecular formula is C18H23N3O2S. The first-order chi connectivity index (χ1) is 11.3. The number of rotatable bonds is 2. The highest BCUT2D eigenvalue weighted by atomic mass is 32.1. The lowest BCUT2D eigenvalue weighted by Gasteiger charge is -2.65. The molecule has 3 N–H and O–H groups in total. The normalized spacial score (nSPS) is 31.3. The molecule has 5 nitrogen and oxygen atoms in total. The number of aromatic nitrogens is 1. The van der Waals surface area contributed by atoms with Gasteiger partial charge in [0.15, 0.2) is 0 Å². The number of carbonyl (C=O) groups excluding carboxylic acids is 1. The van der Waals surface area contributed by atoms with Crippen LogP contribution in [0.5, 0.6) is 0 Å². The lowest BCUT2D eigenvalue weighted by atomic mass is 9.46. The average Bonchev–Trinajstić information content (AvgIpc) is 2.93. The Morgan fingerprint density at radius 1 is 1.46 bits per heavy atom. The predicted octanol–water partition coefficient (Wildman–Crippen LogP) is 3.08. The van der Waals surface area contributed by atoms with Crippen molar-refractivity contribution in [2.45, 2.75) is 45.3 Å². The monoisotopic (exact) mass is 345 g/mol. The van der Waals surface area contributed by atoms with Crippen LogP contribution in [0.3, 0.4) is 0 Å². The van der Waals surface area contributed by atoms with E-state index >= 15 is 0 Å². The zero-order chi connectivity index (χ0) is 17.1. The summed E-state index contributed by atoms with van der Waals surface area (Å²) < 4.78 is 6.95. The third-order valence-corrected chi connectivity index (χ3v) is 6.75. The predicted molar refractivity (Wildman–Crippen MR) is 96.2 cm³/mol. The summed E-state index contributed by atoms with van der Waals surface area (Å²) in [5.41, 5.74) is 7.12. The van der Waals surface area contributed by atoms with E-state index in [1.54, 1.807) is 11.3 Å². The summed E-state index contributed by atoms with van der Waals surface area (Å²) in [6, 6.07) is 5.81. The van der Waals surface area contributed by atoms with Crippen molar-refractivity contribution in [2.24, 2.45) is 17.1 Å². The molecule has 2 aromatic rings. The molecule has 0 radical (unpaired) electrons. The summed E-state index contributed by atoms with van der Waals surface area (Å²) in [4.78, 5) is 17.5. The van der Waals surface area contributed by atoms with Crippen molar-refractivity contribution in [2.75, 3.05) is 11.9 Å². The molecule has 1 aromatic heterocycles. The molecule has 1 aromatic carbocycles. The van der Waals surface area contributed by atoms with Gasteiger partial charge < -0.3 is 15.8 Å². The lowest BCUT2D eigenvalue weighted by molar-refractivity contribution is -0.222. The van der Waals surface area contributed by atoms with Crippen LogP contribution in [0, 0.1) is 18.3 Å². The molecule has 128 valence electrons. The van der Waals surface area contributed by atoms with E-state index in [9.17, 15) is 4.79 Å². The van der Waals surface area contributed by atoms with Crippen LogP contribution in [0.4, 0.5) is 5.69 Å². The molecule has 1 saturated carbocycles. The van der Waals surface area contributed by atoms with Crippen molar-refractivity contribution in [1.29, 1.82) is 0 Å². The van der Waals surface area contributed by atoms with Crippen molar-refractivity contribution in [1.82, 2.24) is 4.98 Å². The molecule has 24 heavy (non-hydrogen) atoms. The maximum absolute atomic E-state index is 13.0. The smallest absolute Gasteiger partial charge is 0.245 e. The minimum absolute atomic E-state index is 0.0774. The van der Waals surface area contributed by atoms with Crippen molar-refractivity contribution in [3.63, 3.8) is 0 Å². The van der Waals surface area contributed by atoms with Crippen molar-refractivity contribution in [3.8, 4) is 0 Å². The summed E-state index contributed by atoms with van der Waals surface area (Å²) >= 11 is 1.62. The quantitative estimate of drug-likeness (QED) is 0.877.